The molecule has 92 valence electrons. The molecular formula is C14H18BrNO. The van der Waals surface area contributed by atoms with Gasteiger partial charge in [0.25, 0.3) is 5.91 Å². The van der Waals surface area contributed by atoms with Crippen molar-refractivity contribution in [3.63, 3.8) is 0 Å². The molecule has 1 saturated carbocycles. The zero-order valence-electron chi connectivity index (χ0n) is 10.1. The van der Waals surface area contributed by atoms with Crippen LogP contribution in [0.1, 0.15) is 41.6 Å². The molecule has 0 saturated heterocycles. The molecule has 1 amide bonds. The Labute approximate surface area is 111 Å². The molecule has 0 aliphatic heterocycles. The number of nitrogens with one attached hydrogen (secondary N) is 1. The number of carbonyl (C=O) groups excluding carboxylic acids is 1. The van der Waals surface area contributed by atoms with Gasteiger partial charge in [0.2, 0.25) is 0 Å². The first-order valence-corrected chi connectivity index (χ1v) is 7.22. The maximum Gasteiger partial charge on any atom is 0.251 e. The highest BCUT2D eigenvalue weighted by Crippen LogP contribution is 2.31. The summed E-state index contributed by atoms with van der Waals surface area (Å²) in [7, 11) is 0. The fourth-order valence-electron chi connectivity index (χ4n) is 2.44. The van der Waals surface area contributed by atoms with Gasteiger partial charge in [-0.3, -0.25) is 4.79 Å². The lowest BCUT2D eigenvalue weighted by Crippen LogP contribution is -2.47. The Bertz CT molecular complexity index is 410. The third-order valence-corrected chi connectivity index (χ3v) is 4.55. The molecular weight excluding hydrogens is 278 g/mol. The van der Waals surface area contributed by atoms with E-state index in [2.05, 4.69) is 21.2 Å². The van der Waals surface area contributed by atoms with E-state index in [-0.39, 0.29) is 11.4 Å². The minimum Gasteiger partial charge on any atom is -0.346 e. The highest BCUT2D eigenvalue weighted by Gasteiger charge is 2.34. The number of hydrogen-bond acceptors (Lipinski definition) is 1. The molecule has 2 rings (SSSR count). The van der Waals surface area contributed by atoms with Gasteiger partial charge >= 0.3 is 0 Å². The van der Waals surface area contributed by atoms with Crippen LogP contribution in [0.5, 0.6) is 0 Å². The van der Waals surface area contributed by atoms with Gasteiger partial charge in [-0.2, -0.15) is 0 Å². The second-order valence-electron chi connectivity index (χ2n) is 4.94. The van der Waals surface area contributed by atoms with Gasteiger partial charge in [0.15, 0.2) is 0 Å². The van der Waals surface area contributed by atoms with Crippen molar-refractivity contribution in [1.29, 1.82) is 0 Å². The first kappa shape index (κ1) is 12.6. The van der Waals surface area contributed by atoms with Crippen LogP contribution in [-0.2, 0) is 0 Å². The summed E-state index contributed by atoms with van der Waals surface area (Å²) in [6.45, 7) is 2.01. The number of aryl methyl sites for hydroxylation is 1. The Morgan fingerprint density at radius 2 is 2.12 bits per heavy atom. The smallest absolute Gasteiger partial charge is 0.251 e. The minimum atomic E-state index is -0.0270. The minimum absolute atomic E-state index is 0.0270. The van der Waals surface area contributed by atoms with Crippen LogP contribution in [0.2, 0.25) is 0 Å². The summed E-state index contributed by atoms with van der Waals surface area (Å²) in [6.07, 6.45) is 4.57. The molecule has 1 N–H and O–H groups in total. The Balaban J connectivity index is 2.11. The lowest BCUT2D eigenvalue weighted by Gasteiger charge is -2.28. The SMILES string of the molecule is Cc1cccc(C(=O)NC2(CBr)CCCC2)c1. The van der Waals surface area contributed by atoms with Gasteiger partial charge in [0.05, 0.1) is 5.54 Å². The topological polar surface area (TPSA) is 29.1 Å². The van der Waals surface area contributed by atoms with Crippen molar-refractivity contribution in [3.8, 4) is 0 Å². The molecule has 1 aromatic rings. The number of alkyl halides is 1. The molecule has 2 nitrogen and oxygen atoms in total. The van der Waals surface area contributed by atoms with E-state index in [9.17, 15) is 4.79 Å². The van der Waals surface area contributed by atoms with Crippen molar-refractivity contribution < 1.29 is 4.79 Å². The number of benzene rings is 1. The maximum atomic E-state index is 12.2. The average Bonchev–Trinajstić information content (AvgIpc) is 2.78. The third-order valence-electron chi connectivity index (χ3n) is 3.48. The van der Waals surface area contributed by atoms with E-state index in [1.165, 1.54) is 12.8 Å². The lowest BCUT2D eigenvalue weighted by molar-refractivity contribution is 0.0910. The largest absolute Gasteiger partial charge is 0.346 e. The summed E-state index contributed by atoms with van der Waals surface area (Å²) in [4.78, 5) is 12.2. The zero-order valence-corrected chi connectivity index (χ0v) is 11.7. The molecule has 0 unspecified atom stereocenters. The molecule has 1 aliphatic carbocycles. The van der Waals surface area contributed by atoms with Crippen LogP contribution in [0.15, 0.2) is 24.3 Å². The standard InChI is InChI=1S/C14H18BrNO/c1-11-5-4-6-12(9-11)13(17)16-14(10-15)7-2-3-8-14/h4-6,9H,2-3,7-8,10H2,1H3,(H,16,17). The van der Waals surface area contributed by atoms with Gasteiger partial charge in [0, 0.05) is 10.9 Å². The molecule has 0 aromatic heterocycles. The third kappa shape index (κ3) is 2.89. The van der Waals surface area contributed by atoms with Gasteiger partial charge in [-0.15, -0.1) is 0 Å². The molecule has 1 fully saturated rings. The summed E-state index contributed by atoms with van der Waals surface area (Å²) in [5.41, 5.74) is 1.86. The van der Waals surface area contributed by atoms with Crippen molar-refractivity contribution in [3.05, 3.63) is 35.4 Å². The Kier molecular flexibility index (Phi) is 3.87. The predicted molar refractivity (Wildman–Crippen MR) is 73.6 cm³/mol. The van der Waals surface area contributed by atoms with Gasteiger partial charge in [-0.05, 0) is 31.9 Å². The highest BCUT2D eigenvalue weighted by atomic mass is 79.9. The zero-order chi connectivity index (χ0) is 12.3. The van der Waals surface area contributed by atoms with Crippen molar-refractivity contribution in [2.45, 2.75) is 38.1 Å². The second-order valence-corrected chi connectivity index (χ2v) is 5.51. The fourth-order valence-corrected chi connectivity index (χ4v) is 3.14. The summed E-state index contributed by atoms with van der Waals surface area (Å²) in [5.74, 6) is 0.0510. The van der Waals surface area contributed by atoms with E-state index in [0.717, 1.165) is 29.3 Å². The number of halogens is 1. The Morgan fingerprint density at radius 1 is 1.41 bits per heavy atom. The van der Waals surface area contributed by atoms with E-state index in [1.54, 1.807) is 0 Å². The predicted octanol–water partition coefficient (Wildman–Crippen LogP) is 3.43. The van der Waals surface area contributed by atoms with Crippen LogP contribution in [0, 0.1) is 6.92 Å². The molecule has 17 heavy (non-hydrogen) atoms. The van der Waals surface area contributed by atoms with Crippen molar-refractivity contribution in [2.24, 2.45) is 0 Å². The average molecular weight is 296 g/mol. The monoisotopic (exact) mass is 295 g/mol. The van der Waals surface area contributed by atoms with E-state index in [0.29, 0.717) is 0 Å². The summed E-state index contributed by atoms with van der Waals surface area (Å²) < 4.78 is 0. The number of hydrogen-bond donors (Lipinski definition) is 1. The molecule has 3 heteroatoms. The van der Waals surface area contributed by atoms with E-state index >= 15 is 0 Å². The molecule has 1 aliphatic rings. The molecule has 0 atom stereocenters. The summed E-state index contributed by atoms with van der Waals surface area (Å²) >= 11 is 3.53. The number of rotatable bonds is 3. The first-order chi connectivity index (χ1) is 8.15. The summed E-state index contributed by atoms with van der Waals surface area (Å²) in [6, 6.07) is 7.75. The van der Waals surface area contributed by atoms with Crippen molar-refractivity contribution in [1.82, 2.24) is 5.32 Å². The van der Waals surface area contributed by atoms with E-state index in [4.69, 9.17) is 0 Å². The normalized spacial score (nSPS) is 18.0. The first-order valence-electron chi connectivity index (χ1n) is 6.10. The van der Waals surface area contributed by atoms with Crippen LogP contribution in [0.25, 0.3) is 0 Å². The van der Waals surface area contributed by atoms with Gasteiger partial charge < -0.3 is 5.32 Å². The molecule has 1 aromatic carbocycles. The van der Waals surface area contributed by atoms with Crippen molar-refractivity contribution in [2.75, 3.05) is 5.33 Å². The molecule has 0 spiro atoms. The second kappa shape index (κ2) is 5.21. The number of amides is 1. The summed E-state index contributed by atoms with van der Waals surface area (Å²) in [5, 5.41) is 4.04. The fraction of sp³-hybridized carbons (Fsp3) is 0.500. The maximum absolute atomic E-state index is 12.2. The van der Waals surface area contributed by atoms with Crippen LogP contribution in [0.3, 0.4) is 0 Å². The van der Waals surface area contributed by atoms with Crippen LogP contribution >= 0.6 is 15.9 Å². The quantitative estimate of drug-likeness (QED) is 0.851. The van der Waals surface area contributed by atoms with Crippen LogP contribution < -0.4 is 5.32 Å². The van der Waals surface area contributed by atoms with Crippen LogP contribution in [0.4, 0.5) is 0 Å². The van der Waals surface area contributed by atoms with Gasteiger partial charge in [-0.25, -0.2) is 0 Å². The van der Waals surface area contributed by atoms with Gasteiger partial charge in [0.1, 0.15) is 0 Å². The van der Waals surface area contributed by atoms with E-state index in [1.807, 2.05) is 31.2 Å². The van der Waals surface area contributed by atoms with Crippen molar-refractivity contribution >= 4 is 21.8 Å². The van der Waals surface area contributed by atoms with Gasteiger partial charge in [-0.1, -0.05) is 46.5 Å². The number of carbonyl (C=O) groups is 1. The highest BCUT2D eigenvalue weighted by molar-refractivity contribution is 9.09. The Morgan fingerprint density at radius 3 is 2.71 bits per heavy atom. The van der Waals surface area contributed by atoms with Crippen LogP contribution in [-0.4, -0.2) is 16.8 Å². The lowest BCUT2D eigenvalue weighted by atomic mass is 9.99. The van der Waals surface area contributed by atoms with E-state index < -0.39 is 0 Å². The Hall–Kier alpha value is -0.830. The molecule has 0 radical (unpaired) electrons. The molecule has 0 heterocycles. The molecule has 0 bridgehead atoms.